The summed E-state index contributed by atoms with van der Waals surface area (Å²) in [6.07, 6.45) is 2.50. The monoisotopic (exact) mass is 295 g/mol. The van der Waals surface area contributed by atoms with E-state index in [0.717, 1.165) is 18.4 Å². The number of nitrogens with zero attached hydrogens (tertiary/aromatic N) is 1. The number of aliphatic hydroxyl groups excluding tert-OH is 1. The van der Waals surface area contributed by atoms with Gasteiger partial charge in [-0.2, -0.15) is 0 Å². The lowest BCUT2D eigenvalue weighted by atomic mass is 10.00. The van der Waals surface area contributed by atoms with Crippen molar-refractivity contribution in [1.82, 2.24) is 4.90 Å². The normalized spacial score (nSPS) is 17.6. The third kappa shape index (κ3) is 4.22. The standard InChI is InChI=1S/C16H22ClNO2/c1-11(9-12-3-7-14(17)8-4-12)16(20)18(2)10-15(19)13-5-6-13/h3-4,7-8,11,13,15,19H,5-6,9-10H2,1-2H3. The minimum absolute atomic E-state index is 0.0830. The Morgan fingerprint density at radius 1 is 1.40 bits per heavy atom. The molecule has 2 atom stereocenters. The zero-order valence-electron chi connectivity index (χ0n) is 12.1. The fraction of sp³-hybridized carbons (Fsp3) is 0.562. The van der Waals surface area contributed by atoms with Crippen LogP contribution in [0.5, 0.6) is 0 Å². The van der Waals surface area contributed by atoms with Gasteiger partial charge in [0.05, 0.1) is 6.10 Å². The van der Waals surface area contributed by atoms with Gasteiger partial charge < -0.3 is 10.0 Å². The van der Waals surface area contributed by atoms with Gasteiger partial charge in [-0.3, -0.25) is 4.79 Å². The summed E-state index contributed by atoms with van der Waals surface area (Å²) < 4.78 is 0. The third-order valence-corrected chi connectivity index (χ3v) is 4.13. The first-order valence-electron chi connectivity index (χ1n) is 7.15. The van der Waals surface area contributed by atoms with Crippen LogP contribution in [0.1, 0.15) is 25.3 Å². The molecule has 1 amide bonds. The van der Waals surface area contributed by atoms with Crippen LogP contribution in [0, 0.1) is 11.8 Å². The van der Waals surface area contributed by atoms with E-state index in [1.807, 2.05) is 31.2 Å². The van der Waals surface area contributed by atoms with Crippen molar-refractivity contribution in [3.8, 4) is 0 Å². The van der Waals surface area contributed by atoms with Crippen molar-refractivity contribution in [1.29, 1.82) is 0 Å². The van der Waals surface area contributed by atoms with Gasteiger partial charge in [-0.15, -0.1) is 0 Å². The molecule has 1 N–H and O–H groups in total. The summed E-state index contributed by atoms with van der Waals surface area (Å²) in [6, 6.07) is 7.58. The van der Waals surface area contributed by atoms with E-state index in [9.17, 15) is 9.90 Å². The average Bonchev–Trinajstić information content (AvgIpc) is 3.24. The number of carbonyl (C=O) groups excluding carboxylic acids is 1. The first-order valence-corrected chi connectivity index (χ1v) is 7.52. The van der Waals surface area contributed by atoms with Gasteiger partial charge in [-0.1, -0.05) is 30.7 Å². The molecule has 0 aromatic heterocycles. The first kappa shape index (κ1) is 15.3. The summed E-state index contributed by atoms with van der Waals surface area (Å²) in [5.74, 6) is 0.393. The molecule has 0 radical (unpaired) electrons. The Morgan fingerprint density at radius 2 is 2.00 bits per heavy atom. The molecule has 1 saturated carbocycles. The maximum Gasteiger partial charge on any atom is 0.225 e. The number of rotatable bonds is 6. The molecule has 0 aliphatic heterocycles. The number of aliphatic hydroxyl groups is 1. The predicted octanol–water partition coefficient (Wildman–Crippen LogP) is 2.75. The van der Waals surface area contributed by atoms with Crippen LogP contribution in [-0.4, -0.2) is 35.6 Å². The number of likely N-dealkylation sites (N-methyl/N-ethyl adjacent to an activating group) is 1. The van der Waals surface area contributed by atoms with Gasteiger partial charge in [0, 0.05) is 24.5 Å². The summed E-state index contributed by atoms with van der Waals surface area (Å²) >= 11 is 5.85. The van der Waals surface area contributed by atoms with Crippen molar-refractivity contribution in [3.63, 3.8) is 0 Å². The first-order chi connectivity index (χ1) is 9.47. The highest BCUT2D eigenvalue weighted by atomic mass is 35.5. The number of halogens is 1. The highest BCUT2D eigenvalue weighted by Crippen LogP contribution is 2.32. The van der Waals surface area contributed by atoms with Crippen LogP contribution in [0.4, 0.5) is 0 Å². The molecule has 1 fully saturated rings. The SMILES string of the molecule is CC(Cc1ccc(Cl)cc1)C(=O)N(C)CC(O)C1CC1. The molecular weight excluding hydrogens is 274 g/mol. The Balaban J connectivity index is 1.85. The molecule has 20 heavy (non-hydrogen) atoms. The van der Waals surface area contributed by atoms with E-state index >= 15 is 0 Å². The van der Waals surface area contributed by atoms with Gasteiger partial charge in [0.1, 0.15) is 0 Å². The molecule has 1 aromatic carbocycles. The number of hydrogen-bond donors (Lipinski definition) is 1. The topological polar surface area (TPSA) is 40.5 Å². The summed E-state index contributed by atoms with van der Waals surface area (Å²) in [7, 11) is 1.77. The molecule has 2 unspecified atom stereocenters. The highest BCUT2D eigenvalue weighted by Gasteiger charge is 2.31. The molecule has 0 saturated heterocycles. The summed E-state index contributed by atoms with van der Waals surface area (Å²) in [5, 5.41) is 10.6. The van der Waals surface area contributed by atoms with E-state index in [0.29, 0.717) is 23.9 Å². The van der Waals surface area contributed by atoms with E-state index in [4.69, 9.17) is 11.6 Å². The van der Waals surface area contributed by atoms with Gasteiger partial charge >= 0.3 is 0 Å². The third-order valence-electron chi connectivity index (χ3n) is 3.88. The predicted molar refractivity (Wildman–Crippen MR) is 80.7 cm³/mol. The quantitative estimate of drug-likeness (QED) is 0.877. The lowest BCUT2D eigenvalue weighted by Crippen LogP contribution is -2.38. The molecule has 1 aliphatic rings. The minimum Gasteiger partial charge on any atom is -0.391 e. The van der Waals surface area contributed by atoms with Crippen molar-refractivity contribution < 1.29 is 9.90 Å². The van der Waals surface area contributed by atoms with Crippen LogP contribution in [0.3, 0.4) is 0 Å². The summed E-state index contributed by atoms with van der Waals surface area (Å²) in [6.45, 7) is 2.37. The van der Waals surface area contributed by atoms with Crippen LogP contribution >= 0.6 is 11.6 Å². The van der Waals surface area contributed by atoms with Crippen LogP contribution in [-0.2, 0) is 11.2 Å². The second-order valence-electron chi connectivity index (χ2n) is 5.86. The highest BCUT2D eigenvalue weighted by molar-refractivity contribution is 6.30. The zero-order valence-corrected chi connectivity index (χ0v) is 12.8. The van der Waals surface area contributed by atoms with Gasteiger partial charge in [0.2, 0.25) is 5.91 Å². The molecule has 0 heterocycles. The van der Waals surface area contributed by atoms with Crippen LogP contribution in [0.2, 0.25) is 5.02 Å². The average molecular weight is 296 g/mol. The Hall–Kier alpha value is -1.06. The lowest BCUT2D eigenvalue weighted by Gasteiger charge is -2.24. The molecule has 4 heteroatoms. The van der Waals surface area contributed by atoms with Crippen molar-refractivity contribution in [2.45, 2.75) is 32.3 Å². The van der Waals surface area contributed by atoms with E-state index in [-0.39, 0.29) is 17.9 Å². The molecule has 0 spiro atoms. The number of carbonyl (C=O) groups is 1. The zero-order chi connectivity index (χ0) is 14.7. The van der Waals surface area contributed by atoms with E-state index < -0.39 is 0 Å². The second kappa shape index (κ2) is 6.59. The van der Waals surface area contributed by atoms with Crippen LogP contribution < -0.4 is 0 Å². The fourth-order valence-electron chi connectivity index (χ4n) is 2.44. The minimum atomic E-state index is -0.369. The van der Waals surface area contributed by atoms with E-state index in [2.05, 4.69) is 0 Å². The molecule has 0 bridgehead atoms. The van der Waals surface area contributed by atoms with Gasteiger partial charge in [0.15, 0.2) is 0 Å². The molecule has 1 aromatic rings. The Labute approximate surface area is 125 Å². The molecule has 110 valence electrons. The summed E-state index contributed by atoms with van der Waals surface area (Å²) in [5.41, 5.74) is 1.10. The number of benzene rings is 1. The summed E-state index contributed by atoms with van der Waals surface area (Å²) in [4.78, 5) is 13.9. The maximum atomic E-state index is 12.3. The molecule has 3 nitrogen and oxygen atoms in total. The Morgan fingerprint density at radius 3 is 2.55 bits per heavy atom. The van der Waals surface area contributed by atoms with Gasteiger partial charge in [-0.05, 0) is 42.9 Å². The Bertz CT molecular complexity index is 456. The molecular formula is C16H22ClNO2. The van der Waals surface area contributed by atoms with Crippen molar-refractivity contribution >= 4 is 17.5 Å². The lowest BCUT2D eigenvalue weighted by molar-refractivity contribution is -0.135. The number of amides is 1. The maximum absolute atomic E-state index is 12.3. The Kier molecular flexibility index (Phi) is 5.06. The fourth-order valence-corrected chi connectivity index (χ4v) is 2.56. The van der Waals surface area contributed by atoms with Gasteiger partial charge in [-0.25, -0.2) is 0 Å². The second-order valence-corrected chi connectivity index (χ2v) is 6.29. The van der Waals surface area contributed by atoms with E-state index in [1.165, 1.54) is 0 Å². The van der Waals surface area contributed by atoms with Crippen LogP contribution in [0.15, 0.2) is 24.3 Å². The molecule has 1 aliphatic carbocycles. The van der Waals surface area contributed by atoms with Crippen molar-refractivity contribution in [2.24, 2.45) is 11.8 Å². The smallest absolute Gasteiger partial charge is 0.225 e. The molecule has 2 rings (SSSR count). The van der Waals surface area contributed by atoms with Gasteiger partial charge in [0.25, 0.3) is 0 Å². The van der Waals surface area contributed by atoms with Crippen molar-refractivity contribution in [2.75, 3.05) is 13.6 Å². The van der Waals surface area contributed by atoms with E-state index in [1.54, 1.807) is 11.9 Å². The van der Waals surface area contributed by atoms with Crippen molar-refractivity contribution in [3.05, 3.63) is 34.9 Å². The van der Waals surface area contributed by atoms with Crippen LogP contribution in [0.25, 0.3) is 0 Å². The number of hydrogen-bond acceptors (Lipinski definition) is 2. The largest absolute Gasteiger partial charge is 0.391 e.